The molecule has 3 N–H and O–H groups in total. The van der Waals surface area contributed by atoms with E-state index in [9.17, 15) is 4.79 Å². The smallest absolute Gasteiger partial charge is 0.226 e. The molecule has 1 atom stereocenters. The van der Waals surface area contributed by atoms with Crippen LogP contribution in [0.2, 0.25) is 0 Å². The molecular weight excluding hydrogens is 192 g/mol. The van der Waals surface area contributed by atoms with Crippen LogP contribution in [0.1, 0.15) is 32.6 Å². The molecule has 0 aromatic carbocycles. The standard InChI is InChI=1S/C11H22N2O2/c1-9(8-12)13-10(14)11(4-3-5-11)6-7-15-2/h9H,3-8,12H2,1-2H3,(H,13,14)/t9-/m1/s1. The Morgan fingerprint density at radius 2 is 2.27 bits per heavy atom. The number of hydrogen-bond donors (Lipinski definition) is 2. The third-order valence-corrected chi connectivity index (χ3v) is 3.31. The van der Waals surface area contributed by atoms with E-state index in [1.807, 2.05) is 6.92 Å². The molecule has 15 heavy (non-hydrogen) atoms. The van der Waals surface area contributed by atoms with E-state index in [4.69, 9.17) is 10.5 Å². The average Bonchev–Trinajstić information content (AvgIpc) is 2.16. The van der Waals surface area contributed by atoms with Gasteiger partial charge in [-0.25, -0.2) is 0 Å². The van der Waals surface area contributed by atoms with Gasteiger partial charge in [-0.3, -0.25) is 4.79 Å². The van der Waals surface area contributed by atoms with Crippen LogP contribution in [0.5, 0.6) is 0 Å². The van der Waals surface area contributed by atoms with Gasteiger partial charge in [-0.2, -0.15) is 0 Å². The summed E-state index contributed by atoms with van der Waals surface area (Å²) in [5.74, 6) is 0.156. The highest BCUT2D eigenvalue weighted by Gasteiger charge is 2.43. The maximum Gasteiger partial charge on any atom is 0.226 e. The summed E-state index contributed by atoms with van der Waals surface area (Å²) in [6.45, 7) is 3.08. The zero-order valence-electron chi connectivity index (χ0n) is 9.71. The van der Waals surface area contributed by atoms with Gasteiger partial charge in [0.05, 0.1) is 5.41 Å². The molecule has 0 radical (unpaired) electrons. The molecule has 4 heteroatoms. The molecule has 0 spiro atoms. The second-order valence-electron chi connectivity index (χ2n) is 4.49. The summed E-state index contributed by atoms with van der Waals surface area (Å²) in [5.41, 5.74) is 5.32. The highest BCUT2D eigenvalue weighted by molar-refractivity contribution is 5.83. The molecule has 0 aromatic heterocycles. The summed E-state index contributed by atoms with van der Waals surface area (Å²) in [5, 5.41) is 2.96. The summed E-state index contributed by atoms with van der Waals surface area (Å²) in [4.78, 5) is 12.0. The summed E-state index contributed by atoms with van der Waals surface area (Å²) in [6, 6.07) is 0.0671. The Bertz CT molecular complexity index is 215. The number of nitrogens with two attached hydrogens (primary N) is 1. The van der Waals surface area contributed by atoms with Crippen molar-refractivity contribution in [1.82, 2.24) is 5.32 Å². The van der Waals surface area contributed by atoms with Gasteiger partial charge in [0.1, 0.15) is 0 Å². The maximum absolute atomic E-state index is 12.0. The van der Waals surface area contributed by atoms with Gasteiger partial charge in [0.2, 0.25) is 5.91 Å². The summed E-state index contributed by atoms with van der Waals surface area (Å²) in [7, 11) is 1.67. The van der Waals surface area contributed by atoms with Gasteiger partial charge >= 0.3 is 0 Å². The van der Waals surface area contributed by atoms with Crippen molar-refractivity contribution in [3.8, 4) is 0 Å². The van der Waals surface area contributed by atoms with Crippen molar-refractivity contribution in [2.45, 2.75) is 38.6 Å². The fourth-order valence-electron chi connectivity index (χ4n) is 1.93. The van der Waals surface area contributed by atoms with Crippen molar-refractivity contribution in [3.05, 3.63) is 0 Å². The van der Waals surface area contributed by atoms with Crippen molar-refractivity contribution in [2.24, 2.45) is 11.1 Å². The van der Waals surface area contributed by atoms with E-state index >= 15 is 0 Å². The van der Waals surface area contributed by atoms with Crippen LogP contribution in [0.4, 0.5) is 0 Å². The molecule has 0 aromatic rings. The number of carbonyl (C=O) groups is 1. The van der Waals surface area contributed by atoms with Crippen LogP contribution in [-0.4, -0.2) is 32.2 Å². The van der Waals surface area contributed by atoms with Crippen LogP contribution in [0.25, 0.3) is 0 Å². The average molecular weight is 214 g/mol. The molecule has 0 unspecified atom stereocenters. The first kappa shape index (κ1) is 12.5. The number of nitrogens with one attached hydrogen (secondary N) is 1. The van der Waals surface area contributed by atoms with Crippen LogP contribution >= 0.6 is 0 Å². The summed E-state index contributed by atoms with van der Waals surface area (Å²) >= 11 is 0. The Morgan fingerprint density at radius 1 is 1.60 bits per heavy atom. The zero-order valence-corrected chi connectivity index (χ0v) is 9.71. The van der Waals surface area contributed by atoms with E-state index < -0.39 is 0 Å². The summed E-state index contributed by atoms with van der Waals surface area (Å²) < 4.78 is 5.05. The minimum absolute atomic E-state index is 0.0671. The van der Waals surface area contributed by atoms with Crippen LogP contribution < -0.4 is 11.1 Å². The first-order valence-corrected chi connectivity index (χ1v) is 5.64. The number of carbonyl (C=O) groups excluding carboxylic acids is 1. The lowest BCUT2D eigenvalue weighted by molar-refractivity contribution is -0.138. The largest absolute Gasteiger partial charge is 0.385 e. The fourth-order valence-corrected chi connectivity index (χ4v) is 1.93. The molecule has 4 nitrogen and oxygen atoms in total. The third kappa shape index (κ3) is 2.92. The van der Waals surface area contributed by atoms with Crippen LogP contribution in [0.15, 0.2) is 0 Å². The van der Waals surface area contributed by atoms with Crippen molar-refractivity contribution >= 4 is 5.91 Å². The molecular formula is C11H22N2O2. The minimum Gasteiger partial charge on any atom is -0.385 e. The molecule has 1 rings (SSSR count). The highest BCUT2D eigenvalue weighted by Crippen LogP contribution is 2.44. The molecule has 88 valence electrons. The fraction of sp³-hybridized carbons (Fsp3) is 0.909. The van der Waals surface area contributed by atoms with E-state index in [0.717, 1.165) is 25.7 Å². The Kier molecular flexibility index (Phi) is 4.54. The Hall–Kier alpha value is -0.610. The molecule has 0 bridgehead atoms. The van der Waals surface area contributed by atoms with E-state index in [2.05, 4.69) is 5.32 Å². The van der Waals surface area contributed by atoms with Gasteiger partial charge in [0.25, 0.3) is 0 Å². The van der Waals surface area contributed by atoms with Crippen LogP contribution in [-0.2, 0) is 9.53 Å². The minimum atomic E-state index is -0.167. The second kappa shape index (κ2) is 5.47. The third-order valence-electron chi connectivity index (χ3n) is 3.31. The Labute approximate surface area is 91.5 Å². The van der Waals surface area contributed by atoms with Gasteiger partial charge in [0, 0.05) is 26.3 Å². The Morgan fingerprint density at radius 3 is 2.67 bits per heavy atom. The second-order valence-corrected chi connectivity index (χ2v) is 4.49. The van der Waals surface area contributed by atoms with Gasteiger partial charge in [-0.1, -0.05) is 6.42 Å². The van der Waals surface area contributed by atoms with E-state index in [1.54, 1.807) is 7.11 Å². The lowest BCUT2D eigenvalue weighted by Gasteiger charge is -2.40. The quantitative estimate of drug-likeness (QED) is 0.682. The highest BCUT2D eigenvalue weighted by atomic mass is 16.5. The molecule has 1 aliphatic carbocycles. The predicted octanol–water partition coefficient (Wildman–Crippen LogP) is 0.657. The normalized spacial score (nSPS) is 20.5. The van der Waals surface area contributed by atoms with E-state index in [-0.39, 0.29) is 17.4 Å². The van der Waals surface area contributed by atoms with Gasteiger partial charge in [0.15, 0.2) is 0 Å². The monoisotopic (exact) mass is 214 g/mol. The first-order chi connectivity index (χ1) is 7.14. The lowest BCUT2D eigenvalue weighted by Crippen LogP contribution is -2.50. The maximum atomic E-state index is 12.0. The number of amides is 1. The zero-order chi connectivity index (χ0) is 11.3. The number of hydrogen-bond acceptors (Lipinski definition) is 3. The molecule has 1 fully saturated rings. The van der Waals surface area contributed by atoms with Crippen molar-refractivity contribution in [1.29, 1.82) is 0 Å². The molecule has 0 saturated heterocycles. The summed E-state index contributed by atoms with van der Waals surface area (Å²) in [6.07, 6.45) is 3.94. The molecule has 0 heterocycles. The number of methoxy groups -OCH3 is 1. The van der Waals surface area contributed by atoms with Crippen molar-refractivity contribution < 1.29 is 9.53 Å². The van der Waals surface area contributed by atoms with Crippen molar-refractivity contribution in [3.63, 3.8) is 0 Å². The number of rotatable bonds is 6. The number of ether oxygens (including phenoxy) is 1. The lowest BCUT2D eigenvalue weighted by atomic mass is 9.66. The Balaban J connectivity index is 2.46. The first-order valence-electron chi connectivity index (χ1n) is 5.64. The van der Waals surface area contributed by atoms with Gasteiger partial charge in [-0.05, 0) is 26.2 Å². The van der Waals surface area contributed by atoms with Gasteiger partial charge in [-0.15, -0.1) is 0 Å². The van der Waals surface area contributed by atoms with Gasteiger partial charge < -0.3 is 15.8 Å². The molecule has 1 saturated carbocycles. The predicted molar refractivity (Wildman–Crippen MR) is 59.4 cm³/mol. The van der Waals surface area contributed by atoms with Crippen LogP contribution in [0.3, 0.4) is 0 Å². The molecule has 1 amide bonds. The van der Waals surface area contributed by atoms with Crippen LogP contribution in [0, 0.1) is 5.41 Å². The molecule has 1 aliphatic rings. The van der Waals surface area contributed by atoms with Crippen molar-refractivity contribution in [2.75, 3.05) is 20.3 Å². The SMILES string of the molecule is COCCC1(C(=O)N[C@H](C)CN)CCC1. The topological polar surface area (TPSA) is 64.3 Å². The molecule has 0 aliphatic heterocycles. The van der Waals surface area contributed by atoms with E-state index in [1.165, 1.54) is 0 Å². The van der Waals surface area contributed by atoms with E-state index in [0.29, 0.717) is 13.2 Å².